The fraction of sp³-hybridized carbons (Fsp3) is 0.259. The Kier molecular flexibility index (Phi) is 4.37. The number of hydrogen-bond donors (Lipinski definition) is 0. The van der Waals surface area contributed by atoms with E-state index in [1.54, 1.807) is 6.07 Å². The first-order valence-electron chi connectivity index (χ1n) is 10.6. The van der Waals surface area contributed by atoms with E-state index in [-0.39, 0.29) is 5.41 Å². The third kappa shape index (κ3) is 3.27. The summed E-state index contributed by atoms with van der Waals surface area (Å²) in [6.07, 6.45) is 1.01. The third-order valence-corrected chi connectivity index (χ3v) is 5.96. The average Bonchev–Trinajstić information content (AvgIpc) is 3.05. The first kappa shape index (κ1) is 19.7. The maximum absolute atomic E-state index is 13.7. The molecule has 0 amide bonds. The van der Waals surface area contributed by atoms with Gasteiger partial charge in [-0.2, -0.15) is 13.9 Å². The monoisotopic (exact) mass is 413 g/mol. The molecule has 0 atom stereocenters. The lowest BCUT2D eigenvalue weighted by Gasteiger charge is -2.19. The molecule has 0 aliphatic carbocycles. The molecule has 5 aromatic rings. The maximum atomic E-state index is 13.7. The Balaban J connectivity index is 1.79. The smallest absolute Gasteiger partial charge is 0.229 e. The number of nitrogens with zero attached hydrogens (tertiary/aromatic N) is 2. The number of benzene rings is 2. The zero-order chi connectivity index (χ0) is 21.9. The van der Waals surface area contributed by atoms with E-state index in [1.807, 2.05) is 6.07 Å². The molecule has 31 heavy (non-hydrogen) atoms. The Bertz CT molecular complexity index is 1470. The first-order chi connectivity index (χ1) is 14.7. The Morgan fingerprint density at radius 3 is 2.45 bits per heavy atom. The van der Waals surface area contributed by atoms with Crippen LogP contribution in [-0.4, -0.2) is 4.98 Å². The Hall–Kier alpha value is -3.27. The molecule has 0 fully saturated rings. The van der Waals surface area contributed by atoms with Crippen molar-refractivity contribution in [1.82, 2.24) is 4.98 Å². The molecular formula is C27H26FN2O+. The van der Waals surface area contributed by atoms with Crippen molar-refractivity contribution in [2.75, 3.05) is 0 Å². The predicted octanol–water partition coefficient (Wildman–Crippen LogP) is 6.66. The predicted molar refractivity (Wildman–Crippen MR) is 123 cm³/mol. The van der Waals surface area contributed by atoms with E-state index in [1.165, 1.54) is 22.5 Å². The molecule has 156 valence electrons. The minimum atomic E-state index is -0.535. The summed E-state index contributed by atoms with van der Waals surface area (Å²) >= 11 is 0. The Morgan fingerprint density at radius 1 is 0.935 bits per heavy atom. The van der Waals surface area contributed by atoms with Crippen molar-refractivity contribution < 1.29 is 13.4 Å². The van der Waals surface area contributed by atoms with E-state index in [4.69, 9.17) is 4.42 Å². The van der Waals surface area contributed by atoms with Gasteiger partial charge in [0.1, 0.15) is 7.05 Å². The molecule has 5 rings (SSSR count). The zero-order valence-electron chi connectivity index (χ0n) is 18.6. The number of furan rings is 1. The van der Waals surface area contributed by atoms with Crippen LogP contribution in [0.25, 0.3) is 44.2 Å². The van der Waals surface area contributed by atoms with E-state index in [0.29, 0.717) is 5.71 Å². The highest BCUT2D eigenvalue weighted by atomic mass is 19.1. The highest BCUT2D eigenvalue weighted by molar-refractivity contribution is 6.08. The van der Waals surface area contributed by atoms with Gasteiger partial charge in [0.05, 0.1) is 5.56 Å². The van der Waals surface area contributed by atoms with Gasteiger partial charge in [0.2, 0.25) is 22.9 Å². The number of aromatic nitrogens is 2. The van der Waals surface area contributed by atoms with Crippen LogP contribution in [0.3, 0.4) is 0 Å². The lowest BCUT2D eigenvalue weighted by atomic mass is 9.86. The van der Waals surface area contributed by atoms with Crippen molar-refractivity contribution in [3.8, 4) is 11.3 Å². The van der Waals surface area contributed by atoms with E-state index in [0.717, 1.165) is 39.6 Å². The summed E-state index contributed by atoms with van der Waals surface area (Å²) in [5.74, 6) is -0.535. The van der Waals surface area contributed by atoms with Gasteiger partial charge in [-0.05, 0) is 48.1 Å². The summed E-state index contributed by atoms with van der Waals surface area (Å²) in [6.45, 7) is 8.88. The van der Waals surface area contributed by atoms with Crippen molar-refractivity contribution >= 4 is 33.0 Å². The van der Waals surface area contributed by atoms with Crippen LogP contribution in [0.5, 0.6) is 0 Å². The van der Waals surface area contributed by atoms with Gasteiger partial charge in [-0.25, -0.2) is 0 Å². The van der Waals surface area contributed by atoms with Gasteiger partial charge in [0.25, 0.3) is 0 Å². The molecule has 0 radical (unpaired) electrons. The van der Waals surface area contributed by atoms with E-state index in [9.17, 15) is 4.39 Å². The summed E-state index contributed by atoms with van der Waals surface area (Å²) in [4.78, 5) is 3.96. The van der Waals surface area contributed by atoms with E-state index < -0.39 is 5.95 Å². The number of hydrogen-bond acceptors (Lipinski definition) is 2. The zero-order valence-corrected chi connectivity index (χ0v) is 18.6. The van der Waals surface area contributed by atoms with Gasteiger partial charge >= 0.3 is 0 Å². The summed E-state index contributed by atoms with van der Waals surface area (Å²) in [6, 6.07) is 18.1. The van der Waals surface area contributed by atoms with Crippen LogP contribution >= 0.6 is 0 Å². The summed E-state index contributed by atoms with van der Waals surface area (Å²) in [5.41, 5.74) is 7.00. The van der Waals surface area contributed by atoms with Crippen molar-refractivity contribution in [3.63, 3.8) is 0 Å². The van der Waals surface area contributed by atoms with Crippen LogP contribution in [0.15, 0.2) is 59.0 Å². The van der Waals surface area contributed by atoms with Crippen LogP contribution in [0, 0.1) is 18.3 Å². The quantitative estimate of drug-likeness (QED) is 0.239. The fourth-order valence-electron chi connectivity index (χ4n) is 4.58. The minimum Gasteiger partial charge on any atom is -0.437 e. The second-order valence-corrected chi connectivity index (χ2v) is 9.59. The van der Waals surface area contributed by atoms with Gasteiger partial charge in [0, 0.05) is 28.3 Å². The van der Waals surface area contributed by atoms with Crippen LogP contribution in [0.1, 0.15) is 31.9 Å². The Labute approximate surface area is 181 Å². The van der Waals surface area contributed by atoms with E-state index >= 15 is 0 Å². The van der Waals surface area contributed by atoms with Crippen molar-refractivity contribution in [2.24, 2.45) is 12.5 Å². The molecule has 0 aliphatic heterocycles. The molecule has 0 aliphatic rings. The van der Waals surface area contributed by atoms with Crippen LogP contribution in [0.4, 0.5) is 4.39 Å². The molecule has 0 unspecified atom stereocenters. The molecule has 3 nitrogen and oxygen atoms in total. The number of rotatable bonds is 2. The molecule has 0 saturated carbocycles. The molecule has 3 heterocycles. The minimum absolute atomic E-state index is 0.213. The van der Waals surface area contributed by atoms with Crippen molar-refractivity contribution in [3.05, 3.63) is 71.7 Å². The lowest BCUT2D eigenvalue weighted by Crippen LogP contribution is -2.32. The van der Waals surface area contributed by atoms with Gasteiger partial charge < -0.3 is 4.42 Å². The average molecular weight is 414 g/mol. The topological polar surface area (TPSA) is 29.9 Å². The van der Waals surface area contributed by atoms with Gasteiger partial charge in [-0.1, -0.05) is 45.0 Å². The number of aryl methyl sites for hydroxylation is 2. The molecule has 0 spiro atoms. The van der Waals surface area contributed by atoms with E-state index in [2.05, 4.69) is 80.7 Å². The number of fused-ring (bicyclic) bond motifs is 4. The molecule has 0 saturated heterocycles. The second kappa shape index (κ2) is 6.88. The lowest BCUT2D eigenvalue weighted by molar-refractivity contribution is -0.633. The second-order valence-electron chi connectivity index (χ2n) is 9.59. The SMILES string of the molecule is Cc1ccc2c(oc3nc(F)ccc32)c1-c1ccc2c(CC(C)(C)C)cccc2[n+]1C. The van der Waals surface area contributed by atoms with Crippen molar-refractivity contribution in [1.29, 1.82) is 0 Å². The highest BCUT2D eigenvalue weighted by Crippen LogP contribution is 2.37. The van der Waals surface area contributed by atoms with Gasteiger partial charge in [0.15, 0.2) is 5.58 Å². The largest absolute Gasteiger partial charge is 0.437 e. The van der Waals surface area contributed by atoms with Crippen LogP contribution in [0.2, 0.25) is 0 Å². The van der Waals surface area contributed by atoms with Crippen molar-refractivity contribution in [2.45, 2.75) is 34.1 Å². The van der Waals surface area contributed by atoms with Crippen LogP contribution in [-0.2, 0) is 13.5 Å². The molecule has 4 heteroatoms. The number of pyridine rings is 2. The number of halogens is 1. The molecule has 0 N–H and O–H groups in total. The molecule has 3 aromatic heterocycles. The summed E-state index contributed by atoms with van der Waals surface area (Å²) in [5, 5.41) is 3.04. The highest BCUT2D eigenvalue weighted by Gasteiger charge is 2.24. The Morgan fingerprint density at radius 2 is 1.68 bits per heavy atom. The fourth-order valence-corrected chi connectivity index (χ4v) is 4.58. The third-order valence-electron chi connectivity index (χ3n) is 5.96. The molecule has 2 aromatic carbocycles. The maximum Gasteiger partial charge on any atom is 0.229 e. The van der Waals surface area contributed by atoms with Gasteiger partial charge in [-0.3, -0.25) is 0 Å². The summed E-state index contributed by atoms with van der Waals surface area (Å²) in [7, 11) is 2.09. The first-order valence-corrected chi connectivity index (χ1v) is 10.6. The molecular weight excluding hydrogens is 387 g/mol. The van der Waals surface area contributed by atoms with Gasteiger partial charge in [-0.15, -0.1) is 0 Å². The molecule has 0 bridgehead atoms. The van der Waals surface area contributed by atoms with Crippen LogP contribution < -0.4 is 4.57 Å². The standard InChI is InChI=1S/C27H26FN2O/c1-16-9-10-19-20-12-14-23(28)29-26(20)31-25(19)24(16)22-13-11-18-17(15-27(2,3)4)7-6-8-21(18)30(22)5/h6-14H,15H2,1-5H3/q+1. The summed E-state index contributed by atoms with van der Waals surface area (Å²) < 4.78 is 22.0. The normalized spacial score (nSPS) is 12.3.